The van der Waals surface area contributed by atoms with Crippen LogP contribution < -0.4 is 10.6 Å². The molecule has 31 heavy (non-hydrogen) atoms. The van der Waals surface area contributed by atoms with Gasteiger partial charge in [-0.25, -0.2) is 9.59 Å². The average molecular weight is 442 g/mol. The zero-order valence-corrected chi connectivity index (χ0v) is 18.3. The quantitative estimate of drug-likeness (QED) is 0.579. The second kappa shape index (κ2) is 10.0. The van der Waals surface area contributed by atoms with E-state index in [1.807, 2.05) is 54.1 Å². The molecule has 0 fully saturated rings. The summed E-state index contributed by atoms with van der Waals surface area (Å²) in [5, 5.41) is 5.53. The van der Waals surface area contributed by atoms with Crippen LogP contribution in [-0.4, -0.2) is 30.8 Å². The highest BCUT2D eigenvalue weighted by Crippen LogP contribution is 2.38. The Morgan fingerprint density at radius 1 is 0.806 bits per heavy atom. The third kappa shape index (κ3) is 5.00. The lowest BCUT2D eigenvalue weighted by Crippen LogP contribution is -2.20. The summed E-state index contributed by atoms with van der Waals surface area (Å²) in [4.78, 5) is 23.6. The van der Waals surface area contributed by atoms with Crippen molar-refractivity contribution in [1.29, 1.82) is 0 Å². The first-order valence-corrected chi connectivity index (χ1v) is 10.0. The van der Waals surface area contributed by atoms with E-state index in [-0.39, 0.29) is 13.2 Å². The van der Waals surface area contributed by atoms with Crippen molar-refractivity contribution in [2.75, 3.05) is 14.1 Å². The van der Waals surface area contributed by atoms with Crippen LogP contribution in [0.3, 0.4) is 0 Å². The molecule has 0 saturated heterocycles. The summed E-state index contributed by atoms with van der Waals surface area (Å²) in [6.07, 6.45) is -1.10. The molecule has 0 saturated carbocycles. The minimum atomic E-state index is -0.551. The highest BCUT2D eigenvalue weighted by atomic mass is 35.5. The van der Waals surface area contributed by atoms with Crippen LogP contribution in [0.4, 0.5) is 9.59 Å². The summed E-state index contributed by atoms with van der Waals surface area (Å²) in [6, 6.07) is 17.2. The van der Waals surface area contributed by atoms with Gasteiger partial charge >= 0.3 is 12.2 Å². The molecule has 0 bridgehead atoms. The molecule has 8 heteroatoms. The summed E-state index contributed by atoms with van der Waals surface area (Å²) in [5.41, 5.74) is 5.05. The third-order valence-electron chi connectivity index (χ3n) is 4.88. The monoisotopic (exact) mass is 441 g/mol. The molecule has 1 heterocycles. The van der Waals surface area contributed by atoms with E-state index in [1.165, 1.54) is 14.1 Å². The summed E-state index contributed by atoms with van der Waals surface area (Å²) in [5.74, 6) is 0. The van der Waals surface area contributed by atoms with Crippen molar-refractivity contribution in [1.82, 2.24) is 15.2 Å². The first-order chi connectivity index (χ1) is 15.0. The van der Waals surface area contributed by atoms with Crippen LogP contribution in [0.5, 0.6) is 0 Å². The van der Waals surface area contributed by atoms with E-state index < -0.39 is 12.2 Å². The van der Waals surface area contributed by atoms with Crippen LogP contribution in [0.25, 0.3) is 22.5 Å². The van der Waals surface area contributed by atoms with Crippen molar-refractivity contribution in [3.8, 4) is 22.5 Å². The predicted molar refractivity (Wildman–Crippen MR) is 120 cm³/mol. The maximum absolute atomic E-state index is 11.8. The molecule has 0 aliphatic carbocycles. The van der Waals surface area contributed by atoms with Crippen LogP contribution in [0.15, 0.2) is 54.6 Å². The number of ether oxygens (including phenoxy) is 2. The lowest BCUT2D eigenvalue weighted by Gasteiger charge is -2.11. The van der Waals surface area contributed by atoms with Crippen molar-refractivity contribution in [2.45, 2.75) is 13.2 Å². The van der Waals surface area contributed by atoms with Crippen LogP contribution in [-0.2, 0) is 29.7 Å². The summed E-state index contributed by atoms with van der Waals surface area (Å²) in [7, 11) is 4.93. The first kappa shape index (κ1) is 22.2. The Morgan fingerprint density at radius 2 is 1.26 bits per heavy atom. The molecule has 0 atom stereocenters. The van der Waals surface area contributed by atoms with Gasteiger partial charge in [0.25, 0.3) is 0 Å². The van der Waals surface area contributed by atoms with Gasteiger partial charge in [0, 0.05) is 37.3 Å². The Labute approximate surface area is 185 Å². The predicted octanol–water partition coefficient (Wildman–Crippen LogP) is 4.72. The van der Waals surface area contributed by atoms with Crippen LogP contribution in [0.2, 0.25) is 5.02 Å². The fourth-order valence-corrected chi connectivity index (χ4v) is 3.60. The molecular weight excluding hydrogens is 418 g/mol. The molecule has 0 aliphatic heterocycles. The van der Waals surface area contributed by atoms with E-state index in [1.54, 1.807) is 12.1 Å². The number of hydrogen-bond donors (Lipinski definition) is 2. The van der Waals surface area contributed by atoms with Gasteiger partial charge in [0.1, 0.15) is 13.2 Å². The van der Waals surface area contributed by atoms with Gasteiger partial charge in [-0.15, -0.1) is 0 Å². The standard InChI is InChI=1S/C23H24ClN3O4/c1-25-22(28)30-13-18-19(14-31-23(29)26-2)21(16-9-11-17(24)12-10-16)27(3)20(18)15-7-5-4-6-8-15/h4-12H,13-14H2,1-3H3,(H,25,28)(H,26,29). The highest BCUT2D eigenvalue weighted by Gasteiger charge is 2.25. The maximum atomic E-state index is 11.8. The molecule has 0 aliphatic rings. The maximum Gasteiger partial charge on any atom is 0.407 e. The number of rotatable bonds is 6. The minimum absolute atomic E-state index is 0.00471. The molecule has 2 N–H and O–H groups in total. The van der Waals surface area contributed by atoms with Crippen molar-refractivity contribution in [3.05, 3.63) is 70.7 Å². The molecule has 2 aromatic carbocycles. The molecule has 0 spiro atoms. The molecule has 0 unspecified atom stereocenters. The largest absolute Gasteiger partial charge is 0.445 e. The van der Waals surface area contributed by atoms with Gasteiger partial charge in [-0.2, -0.15) is 0 Å². The fourth-order valence-electron chi connectivity index (χ4n) is 3.47. The van der Waals surface area contributed by atoms with Gasteiger partial charge in [-0.1, -0.05) is 54.1 Å². The number of benzene rings is 2. The van der Waals surface area contributed by atoms with E-state index >= 15 is 0 Å². The Hall–Kier alpha value is -3.45. The molecule has 0 radical (unpaired) electrons. The summed E-state index contributed by atoms with van der Waals surface area (Å²) in [6.45, 7) is 0.0164. The van der Waals surface area contributed by atoms with Crippen LogP contribution in [0, 0.1) is 0 Å². The second-order valence-electron chi connectivity index (χ2n) is 6.74. The zero-order valence-electron chi connectivity index (χ0n) is 17.6. The SMILES string of the molecule is CNC(=O)OCc1c(COC(=O)NC)c(-c2ccc(Cl)cc2)n(C)c1-c1ccccc1. The number of nitrogens with zero attached hydrogens (tertiary/aromatic N) is 1. The number of aromatic nitrogens is 1. The Balaban J connectivity index is 2.22. The van der Waals surface area contributed by atoms with E-state index in [0.29, 0.717) is 5.02 Å². The molecule has 1 aromatic heterocycles. The molecular formula is C23H24ClN3O4. The van der Waals surface area contributed by atoms with Crippen LogP contribution in [0.1, 0.15) is 11.1 Å². The number of alkyl carbamates (subject to hydrolysis) is 2. The van der Waals surface area contributed by atoms with E-state index in [9.17, 15) is 9.59 Å². The van der Waals surface area contributed by atoms with E-state index in [4.69, 9.17) is 21.1 Å². The molecule has 3 aromatic rings. The normalized spacial score (nSPS) is 10.5. The van der Waals surface area contributed by atoms with Gasteiger partial charge in [0.2, 0.25) is 0 Å². The van der Waals surface area contributed by atoms with Gasteiger partial charge in [-0.05, 0) is 23.3 Å². The number of halogens is 1. The number of nitrogens with one attached hydrogen (secondary N) is 2. The second-order valence-corrected chi connectivity index (χ2v) is 7.17. The van der Waals surface area contributed by atoms with Crippen LogP contribution >= 0.6 is 11.6 Å². The number of hydrogen-bond acceptors (Lipinski definition) is 4. The number of amides is 2. The Kier molecular flexibility index (Phi) is 7.20. The van der Waals surface area contributed by atoms with Gasteiger partial charge < -0.3 is 24.7 Å². The highest BCUT2D eigenvalue weighted by molar-refractivity contribution is 6.30. The lowest BCUT2D eigenvalue weighted by atomic mass is 10.0. The third-order valence-corrected chi connectivity index (χ3v) is 5.13. The average Bonchev–Trinajstić information content (AvgIpc) is 3.07. The number of carbonyl (C=O) groups excluding carboxylic acids is 2. The lowest BCUT2D eigenvalue weighted by molar-refractivity contribution is 0.134. The molecule has 3 rings (SSSR count). The number of carbonyl (C=O) groups is 2. The van der Waals surface area contributed by atoms with Gasteiger partial charge in [-0.3, -0.25) is 0 Å². The molecule has 162 valence electrons. The zero-order chi connectivity index (χ0) is 22.4. The van der Waals surface area contributed by atoms with Crippen molar-refractivity contribution in [2.24, 2.45) is 7.05 Å². The first-order valence-electron chi connectivity index (χ1n) is 9.67. The minimum Gasteiger partial charge on any atom is -0.445 e. The van der Waals surface area contributed by atoms with Crippen molar-refractivity contribution >= 4 is 23.8 Å². The molecule has 2 amide bonds. The van der Waals surface area contributed by atoms with E-state index in [0.717, 1.165) is 33.6 Å². The van der Waals surface area contributed by atoms with Gasteiger partial charge in [0.05, 0.1) is 11.4 Å². The smallest absolute Gasteiger partial charge is 0.407 e. The van der Waals surface area contributed by atoms with Crippen molar-refractivity contribution < 1.29 is 19.1 Å². The Bertz CT molecular complexity index is 1060. The topological polar surface area (TPSA) is 81.6 Å². The molecule has 7 nitrogen and oxygen atoms in total. The summed E-state index contributed by atoms with van der Waals surface area (Å²) < 4.78 is 12.8. The Morgan fingerprint density at radius 3 is 1.71 bits per heavy atom. The fraction of sp³-hybridized carbons (Fsp3) is 0.217. The van der Waals surface area contributed by atoms with E-state index in [2.05, 4.69) is 10.6 Å². The van der Waals surface area contributed by atoms with Gasteiger partial charge in [0.15, 0.2) is 0 Å². The summed E-state index contributed by atoms with van der Waals surface area (Å²) >= 11 is 6.08. The van der Waals surface area contributed by atoms with Crippen molar-refractivity contribution in [3.63, 3.8) is 0 Å².